The summed E-state index contributed by atoms with van der Waals surface area (Å²) in [6.45, 7) is 5.61. The van der Waals surface area contributed by atoms with Crippen LogP contribution >= 0.6 is 0 Å². The Morgan fingerprint density at radius 3 is 2.69 bits per heavy atom. The predicted molar refractivity (Wildman–Crippen MR) is 98.2 cm³/mol. The third kappa shape index (κ3) is 2.91. The molecule has 1 aromatic carbocycles. The summed E-state index contributed by atoms with van der Waals surface area (Å²) in [7, 11) is 0. The van der Waals surface area contributed by atoms with E-state index in [4.69, 9.17) is 9.47 Å². The van der Waals surface area contributed by atoms with Gasteiger partial charge in [0.15, 0.2) is 0 Å². The molecule has 4 aliphatic heterocycles. The Morgan fingerprint density at radius 2 is 1.92 bits per heavy atom. The first kappa shape index (κ1) is 16.6. The van der Waals surface area contributed by atoms with E-state index >= 15 is 0 Å². The van der Waals surface area contributed by atoms with Gasteiger partial charge in [0.25, 0.3) is 5.91 Å². The lowest BCUT2D eigenvalue weighted by Gasteiger charge is -2.55. The molecule has 1 amide bonds. The van der Waals surface area contributed by atoms with Crippen LogP contribution in [0.15, 0.2) is 24.3 Å². The van der Waals surface area contributed by atoms with Crippen LogP contribution in [-0.4, -0.2) is 67.2 Å². The number of carbonyl (C=O) groups excluding carboxylic acids is 1. The molecule has 5 rings (SSSR count). The maximum Gasteiger partial charge on any atom is 0.251 e. The van der Waals surface area contributed by atoms with E-state index in [1.165, 1.54) is 5.56 Å². The fraction of sp³-hybridized carbons (Fsp3) is 0.667. The summed E-state index contributed by atoms with van der Waals surface area (Å²) >= 11 is 0. The van der Waals surface area contributed by atoms with Crippen LogP contribution in [0.3, 0.4) is 0 Å². The van der Waals surface area contributed by atoms with Crippen LogP contribution < -0.4 is 4.74 Å². The molecule has 26 heavy (non-hydrogen) atoms. The first-order valence-corrected chi connectivity index (χ1v) is 10.1. The predicted octanol–water partition coefficient (Wildman–Crippen LogP) is 2.09. The molecule has 4 aliphatic rings. The zero-order chi connectivity index (χ0) is 17.6. The fourth-order valence-electron chi connectivity index (χ4n) is 5.18. The van der Waals surface area contributed by atoms with E-state index in [0.717, 1.165) is 77.2 Å². The van der Waals surface area contributed by atoms with Gasteiger partial charge in [-0.05, 0) is 43.7 Å². The van der Waals surface area contributed by atoms with E-state index in [1.54, 1.807) is 0 Å². The highest BCUT2D eigenvalue weighted by Crippen LogP contribution is 2.42. The van der Waals surface area contributed by atoms with Crippen LogP contribution in [0.4, 0.5) is 0 Å². The zero-order valence-corrected chi connectivity index (χ0v) is 15.4. The molecule has 1 unspecified atom stereocenters. The van der Waals surface area contributed by atoms with E-state index in [0.29, 0.717) is 11.5 Å². The van der Waals surface area contributed by atoms with Gasteiger partial charge in [-0.2, -0.15) is 0 Å². The van der Waals surface area contributed by atoms with E-state index in [1.807, 2.05) is 4.90 Å². The SMILES string of the molecule is O=C(C1CCCO1)N1CCC(N2CC3(COc4ccccc4C3)C2)CC1. The Kier molecular flexibility index (Phi) is 4.17. The van der Waals surface area contributed by atoms with Gasteiger partial charge in [0.05, 0.1) is 6.61 Å². The second-order valence-electron chi connectivity index (χ2n) is 8.54. The minimum atomic E-state index is -0.168. The van der Waals surface area contributed by atoms with Crippen molar-refractivity contribution in [1.82, 2.24) is 9.80 Å². The van der Waals surface area contributed by atoms with Gasteiger partial charge in [-0.3, -0.25) is 9.69 Å². The van der Waals surface area contributed by atoms with Crippen LogP contribution in [-0.2, 0) is 16.0 Å². The second kappa shape index (κ2) is 6.54. The summed E-state index contributed by atoms with van der Waals surface area (Å²) in [4.78, 5) is 17.1. The van der Waals surface area contributed by atoms with E-state index in [2.05, 4.69) is 29.2 Å². The summed E-state index contributed by atoms with van der Waals surface area (Å²) in [6.07, 6.45) is 5.06. The first-order chi connectivity index (χ1) is 12.7. The highest BCUT2D eigenvalue weighted by molar-refractivity contribution is 5.81. The number of hydrogen-bond acceptors (Lipinski definition) is 4. The molecule has 0 bridgehead atoms. The summed E-state index contributed by atoms with van der Waals surface area (Å²) < 4.78 is 11.6. The van der Waals surface area contributed by atoms with Crippen molar-refractivity contribution in [1.29, 1.82) is 0 Å². The molecule has 5 nitrogen and oxygen atoms in total. The van der Waals surface area contributed by atoms with Crippen molar-refractivity contribution in [2.24, 2.45) is 5.41 Å². The van der Waals surface area contributed by atoms with Gasteiger partial charge in [-0.1, -0.05) is 18.2 Å². The van der Waals surface area contributed by atoms with Crippen LogP contribution in [0, 0.1) is 5.41 Å². The molecule has 0 N–H and O–H groups in total. The van der Waals surface area contributed by atoms with Crippen LogP contribution in [0.2, 0.25) is 0 Å². The number of para-hydroxylation sites is 1. The highest BCUT2D eigenvalue weighted by Gasteiger charge is 2.48. The number of likely N-dealkylation sites (tertiary alicyclic amines) is 2. The number of fused-ring (bicyclic) bond motifs is 1. The Balaban J connectivity index is 1.13. The van der Waals surface area contributed by atoms with Crippen molar-refractivity contribution >= 4 is 5.91 Å². The van der Waals surface area contributed by atoms with Crippen LogP contribution in [0.5, 0.6) is 5.75 Å². The van der Waals surface area contributed by atoms with Crippen LogP contribution in [0.1, 0.15) is 31.2 Å². The van der Waals surface area contributed by atoms with Gasteiger partial charge in [0, 0.05) is 44.2 Å². The third-order valence-electron chi connectivity index (χ3n) is 6.65. The van der Waals surface area contributed by atoms with Gasteiger partial charge >= 0.3 is 0 Å². The summed E-state index contributed by atoms with van der Waals surface area (Å²) in [5.41, 5.74) is 1.66. The average molecular weight is 356 g/mol. The number of ether oxygens (including phenoxy) is 2. The molecule has 1 atom stereocenters. The lowest BCUT2D eigenvalue weighted by Crippen LogP contribution is -2.65. The van der Waals surface area contributed by atoms with Crippen LogP contribution in [0.25, 0.3) is 0 Å². The molecule has 0 saturated carbocycles. The van der Waals surface area contributed by atoms with Crippen molar-refractivity contribution in [3.63, 3.8) is 0 Å². The molecule has 0 radical (unpaired) electrons. The lowest BCUT2D eigenvalue weighted by atomic mass is 9.72. The number of amides is 1. The zero-order valence-electron chi connectivity index (χ0n) is 15.4. The van der Waals surface area contributed by atoms with Gasteiger partial charge in [0.2, 0.25) is 0 Å². The Labute approximate surface area is 155 Å². The van der Waals surface area contributed by atoms with E-state index in [9.17, 15) is 4.79 Å². The van der Waals surface area contributed by atoms with Crippen molar-refractivity contribution in [2.75, 3.05) is 39.4 Å². The summed E-state index contributed by atoms with van der Waals surface area (Å²) in [5, 5.41) is 0. The monoisotopic (exact) mass is 356 g/mol. The fourth-order valence-corrected chi connectivity index (χ4v) is 5.18. The first-order valence-electron chi connectivity index (χ1n) is 10.1. The van der Waals surface area contributed by atoms with Gasteiger partial charge in [-0.25, -0.2) is 0 Å². The molecule has 1 spiro atoms. The molecule has 5 heteroatoms. The third-order valence-corrected chi connectivity index (χ3v) is 6.65. The average Bonchev–Trinajstić information content (AvgIpc) is 3.20. The maximum atomic E-state index is 12.5. The normalized spacial score (nSPS) is 28.5. The van der Waals surface area contributed by atoms with Crippen molar-refractivity contribution in [3.05, 3.63) is 29.8 Å². The summed E-state index contributed by atoms with van der Waals surface area (Å²) in [6, 6.07) is 9.06. The standard InChI is InChI=1S/C21H28N2O3/c24-20(19-6-3-11-25-19)22-9-7-17(8-10-22)23-13-21(14-23)12-16-4-1-2-5-18(16)26-15-21/h1-2,4-5,17,19H,3,6-15H2. The van der Waals surface area contributed by atoms with E-state index in [-0.39, 0.29) is 12.0 Å². The quantitative estimate of drug-likeness (QED) is 0.814. The number of rotatable bonds is 2. The lowest BCUT2D eigenvalue weighted by molar-refractivity contribution is -0.144. The Hall–Kier alpha value is -1.59. The number of nitrogens with zero attached hydrogens (tertiary/aromatic N) is 2. The second-order valence-corrected chi connectivity index (χ2v) is 8.54. The van der Waals surface area contributed by atoms with Crippen molar-refractivity contribution in [2.45, 2.75) is 44.2 Å². The molecule has 1 aromatic rings. The molecule has 3 fully saturated rings. The number of hydrogen-bond donors (Lipinski definition) is 0. The number of carbonyl (C=O) groups is 1. The Morgan fingerprint density at radius 1 is 1.12 bits per heavy atom. The number of piperidine rings is 1. The molecule has 0 aromatic heterocycles. The number of benzene rings is 1. The molecular weight excluding hydrogens is 328 g/mol. The molecule has 4 heterocycles. The smallest absolute Gasteiger partial charge is 0.251 e. The molecule has 3 saturated heterocycles. The topological polar surface area (TPSA) is 42.0 Å². The minimum Gasteiger partial charge on any atom is -0.493 e. The molecule has 140 valence electrons. The van der Waals surface area contributed by atoms with E-state index < -0.39 is 0 Å². The van der Waals surface area contributed by atoms with Crippen molar-refractivity contribution in [3.8, 4) is 5.75 Å². The minimum absolute atomic E-state index is 0.168. The highest BCUT2D eigenvalue weighted by atomic mass is 16.5. The molecular formula is C21H28N2O3. The maximum absolute atomic E-state index is 12.5. The Bertz CT molecular complexity index is 672. The largest absolute Gasteiger partial charge is 0.493 e. The van der Waals surface area contributed by atoms with Gasteiger partial charge < -0.3 is 14.4 Å². The molecule has 0 aliphatic carbocycles. The summed E-state index contributed by atoms with van der Waals surface area (Å²) in [5.74, 6) is 1.29. The van der Waals surface area contributed by atoms with Gasteiger partial charge in [0.1, 0.15) is 11.9 Å². The van der Waals surface area contributed by atoms with Gasteiger partial charge in [-0.15, -0.1) is 0 Å². The van der Waals surface area contributed by atoms with Crippen molar-refractivity contribution < 1.29 is 14.3 Å².